The Hall–Kier alpha value is -2.25. The molecule has 7 nitrogen and oxygen atoms in total. The van der Waals surface area contributed by atoms with Gasteiger partial charge in [0.25, 0.3) is 0 Å². The van der Waals surface area contributed by atoms with Crippen molar-refractivity contribution in [1.82, 2.24) is 30.0 Å². The van der Waals surface area contributed by atoms with E-state index in [0.717, 1.165) is 29.9 Å². The number of nitrogens with zero attached hydrogens (tertiary/aromatic N) is 5. The maximum atomic E-state index is 6.05. The molecule has 25 heavy (non-hydrogen) atoms. The molecule has 0 radical (unpaired) electrons. The smallest absolute Gasteiger partial charge is 0.242 e. The van der Waals surface area contributed by atoms with E-state index >= 15 is 0 Å². The van der Waals surface area contributed by atoms with Crippen molar-refractivity contribution in [2.45, 2.75) is 12.8 Å². The van der Waals surface area contributed by atoms with Crippen LogP contribution >= 0.6 is 12.4 Å². The molecule has 4 rings (SSSR count). The second kappa shape index (κ2) is 7.76. The average Bonchev–Trinajstić information content (AvgIpc) is 3.07. The maximum absolute atomic E-state index is 6.05. The molecule has 0 aromatic carbocycles. The third-order valence-corrected chi connectivity index (χ3v) is 4.28. The van der Waals surface area contributed by atoms with Gasteiger partial charge in [-0.1, -0.05) is 0 Å². The standard InChI is InChI=1S/C17H20N6O.ClH/c1-23-10-13(9-21-23)14-7-15-16(20-6-5-19-15)17(22-14)24-11-12-3-2-4-18-8-12;/h5-7,9-10,12,18H,2-4,8,11H2,1H3;1H/t12-;/m0./s1. The lowest BCUT2D eigenvalue weighted by Gasteiger charge is -2.22. The quantitative estimate of drug-likeness (QED) is 0.768. The van der Waals surface area contributed by atoms with Crippen molar-refractivity contribution in [3.63, 3.8) is 0 Å². The summed E-state index contributed by atoms with van der Waals surface area (Å²) >= 11 is 0. The monoisotopic (exact) mass is 360 g/mol. The molecular weight excluding hydrogens is 340 g/mol. The fourth-order valence-electron chi connectivity index (χ4n) is 3.01. The molecule has 0 saturated carbocycles. The van der Waals surface area contributed by atoms with Crippen molar-refractivity contribution in [3.8, 4) is 17.1 Å². The lowest BCUT2D eigenvalue weighted by Crippen LogP contribution is -2.33. The van der Waals surface area contributed by atoms with E-state index in [1.54, 1.807) is 23.3 Å². The first kappa shape index (κ1) is 17.6. The number of piperidine rings is 1. The van der Waals surface area contributed by atoms with Gasteiger partial charge in [0.2, 0.25) is 5.88 Å². The van der Waals surface area contributed by atoms with Crippen LogP contribution in [0.5, 0.6) is 5.88 Å². The van der Waals surface area contributed by atoms with Crippen molar-refractivity contribution in [2.75, 3.05) is 19.7 Å². The highest BCUT2D eigenvalue weighted by Gasteiger charge is 2.16. The Bertz CT molecular complexity index is 846. The fraction of sp³-hybridized carbons (Fsp3) is 0.412. The first-order valence-electron chi connectivity index (χ1n) is 8.24. The highest BCUT2D eigenvalue weighted by molar-refractivity contribution is 5.85. The van der Waals surface area contributed by atoms with Gasteiger partial charge in [0.15, 0.2) is 5.52 Å². The third-order valence-electron chi connectivity index (χ3n) is 4.28. The van der Waals surface area contributed by atoms with Crippen LogP contribution in [0.1, 0.15) is 12.8 Å². The van der Waals surface area contributed by atoms with E-state index in [9.17, 15) is 0 Å². The molecule has 3 aromatic heterocycles. The summed E-state index contributed by atoms with van der Waals surface area (Å²) < 4.78 is 7.80. The first-order valence-corrected chi connectivity index (χ1v) is 8.24. The Balaban J connectivity index is 0.00000182. The molecule has 1 aliphatic rings. The number of rotatable bonds is 4. The Morgan fingerprint density at radius 3 is 2.96 bits per heavy atom. The molecule has 0 bridgehead atoms. The van der Waals surface area contributed by atoms with Crippen LogP contribution in [0, 0.1) is 5.92 Å². The molecule has 3 aromatic rings. The lowest BCUT2D eigenvalue weighted by atomic mass is 10.0. The van der Waals surface area contributed by atoms with E-state index in [2.05, 4.69) is 25.4 Å². The lowest BCUT2D eigenvalue weighted by molar-refractivity contribution is 0.214. The van der Waals surface area contributed by atoms with Gasteiger partial charge in [-0.25, -0.2) is 9.97 Å². The summed E-state index contributed by atoms with van der Waals surface area (Å²) in [6, 6.07) is 1.92. The second-order valence-electron chi connectivity index (χ2n) is 6.16. The van der Waals surface area contributed by atoms with Gasteiger partial charge in [-0.05, 0) is 25.5 Å². The molecule has 4 heterocycles. The molecule has 1 N–H and O–H groups in total. The molecule has 1 saturated heterocycles. The Kier molecular flexibility index (Phi) is 5.45. The minimum absolute atomic E-state index is 0. The predicted molar refractivity (Wildman–Crippen MR) is 97.9 cm³/mol. The number of pyridine rings is 1. The van der Waals surface area contributed by atoms with Gasteiger partial charge >= 0.3 is 0 Å². The van der Waals surface area contributed by atoms with Gasteiger partial charge in [0.1, 0.15) is 0 Å². The summed E-state index contributed by atoms with van der Waals surface area (Å²) in [5, 5.41) is 7.62. The third kappa shape index (κ3) is 3.88. The number of aryl methyl sites for hydroxylation is 1. The molecule has 1 aliphatic heterocycles. The van der Waals surface area contributed by atoms with Crippen LogP contribution in [0.25, 0.3) is 22.3 Å². The molecule has 132 valence electrons. The largest absolute Gasteiger partial charge is 0.476 e. The molecule has 0 unspecified atom stereocenters. The number of ether oxygens (including phenoxy) is 1. The van der Waals surface area contributed by atoms with Crippen molar-refractivity contribution in [1.29, 1.82) is 0 Å². The Labute approximate surface area is 152 Å². The van der Waals surface area contributed by atoms with E-state index in [0.29, 0.717) is 23.9 Å². The van der Waals surface area contributed by atoms with Gasteiger partial charge in [-0.3, -0.25) is 9.67 Å². The van der Waals surface area contributed by atoms with Crippen LogP contribution in [0.15, 0.2) is 30.9 Å². The molecular formula is C17H21ClN6O. The number of halogens is 1. The van der Waals surface area contributed by atoms with E-state index in [4.69, 9.17) is 4.74 Å². The van der Waals surface area contributed by atoms with Crippen molar-refractivity contribution >= 4 is 23.4 Å². The van der Waals surface area contributed by atoms with Gasteiger partial charge in [-0.2, -0.15) is 5.10 Å². The van der Waals surface area contributed by atoms with Crippen molar-refractivity contribution in [2.24, 2.45) is 13.0 Å². The number of fused-ring (bicyclic) bond motifs is 1. The first-order chi connectivity index (χ1) is 11.8. The Morgan fingerprint density at radius 1 is 1.32 bits per heavy atom. The molecule has 0 spiro atoms. The second-order valence-corrected chi connectivity index (χ2v) is 6.16. The van der Waals surface area contributed by atoms with Crippen LogP contribution < -0.4 is 10.1 Å². The predicted octanol–water partition coefficient (Wildman–Crippen LogP) is 2.23. The molecule has 0 amide bonds. The minimum atomic E-state index is 0. The molecule has 0 aliphatic carbocycles. The summed E-state index contributed by atoms with van der Waals surface area (Å²) in [5.74, 6) is 1.05. The van der Waals surface area contributed by atoms with Gasteiger partial charge in [0, 0.05) is 43.7 Å². The van der Waals surface area contributed by atoms with E-state index < -0.39 is 0 Å². The molecule has 1 fully saturated rings. The van der Waals surface area contributed by atoms with Crippen LogP contribution in [0.2, 0.25) is 0 Å². The summed E-state index contributed by atoms with van der Waals surface area (Å²) in [7, 11) is 1.89. The van der Waals surface area contributed by atoms with Gasteiger partial charge in [-0.15, -0.1) is 12.4 Å². The van der Waals surface area contributed by atoms with Crippen molar-refractivity contribution in [3.05, 3.63) is 30.9 Å². The van der Waals surface area contributed by atoms with E-state index in [-0.39, 0.29) is 12.4 Å². The van der Waals surface area contributed by atoms with Crippen LogP contribution in [-0.4, -0.2) is 44.4 Å². The van der Waals surface area contributed by atoms with Crippen LogP contribution in [0.4, 0.5) is 0 Å². The summed E-state index contributed by atoms with van der Waals surface area (Å²) in [4.78, 5) is 13.5. The van der Waals surface area contributed by atoms with Gasteiger partial charge < -0.3 is 10.1 Å². The van der Waals surface area contributed by atoms with E-state index in [1.165, 1.54) is 12.8 Å². The SMILES string of the molecule is Cl.Cn1cc(-c2cc3nccnc3c(OC[C@H]3CCCNC3)n2)cn1. The van der Waals surface area contributed by atoms with Crippen molar-refractivity contribution < 1.29 is 4.74 Å². The normalized spacial score (nSPS) is 17.2. The topological polar surface area (TPSA) is 77.8 Å². The Morgan fingerprint density at radius 2 is 2.20 bits per heavy atom. The minimum Gasteiger partial charge on any atom is -0.476 e. The maximum Gasteiger partial charge on any atom is 0.242 e. The molecule has 1 atom stereocenters. The van der Waals surface area contributed by atoms with E-state index in [1.807, 2.05) is 19.3 Å². The zero-order valence-electron chi connectivity index (χ0n) is 14.1. The summed E-state index contributed by atoms with van der Waals surface area (Å²) in [6.45, 7) is 2.73. The zero-order valence-corrected chi connectivity index (χ0v) is 14.9. The zero-order chi connectivity index (χ0) is 16.4. The number of aromatic nitrogens is 5. The summed E-state index contributed by atoms with van der Waals surface area (Å²) in [5.41, 5.74) is 3.22. The summed E-state index contributed by atoms with van der Waals surface area (Å²) in [6.07, 6.45) is 9.45. The average molecular weight is 361 g/mol. The highest BCUT2D eigenvalue weighted by atomic mass is 35.5. The van der Waals surface area contributed by atoms with Gasteiger partial charge in [0.05, 0.1) is 24.0 Å². The van der Waals surface area contributed by atoms with Crippen LogP contribution in [0.3, 0.4) is 0 Å². The number of nitrogens with one attached hydrogen (secondary N) is 1. The fourth-order valence-corrected chi connectivity index (χ4v) is 3.01. The highest BCUT2D eigenvalue weighted by Crippen LogP contribution is 2.27. The van der Waals surface area contributed by atoms with Crippen LogP contribution in [-0.2, 0) is 7.05 Å². The number of hydrogen-bond acceptors (Lipinski definition) is 6. The molecule has 8 heteroatoms. The number of hydrogen-bond donors (Lipinski definition) is 1.